The molecule has 1 atom stereocenters. The molecule has 0 unspecified atom stereocenters. The highest BCUT2D eigenvalue weighted by atomic mass is 19.4. The molecule has 0 aromatic carbocycles. The third-order valence-corrected chi connectivity index (χ3v) is 2.68. The van der Waals surface area contributed by atoms with Crippen molar-refractivity contribution in [3.05, 3.63) is 0 Å². The summed E-state index contributed by atoms with van der Waals surface area (Å²) in [6, 6.07) is 0.340. The average Bonchev–Trinajstić information content (AvgIpc) is 2.01. The van der Waals surface area contributed by atoms with Gasteiger partial charge in [-0.3, -0.25) is 0 Å². The van der Waals surface area contributed by atoms with E-state index in [-0.39, 0.29) is 6.54 Å². The number of rotatable bonds is 3. The summed E-state index contributed by atoms with van der Waals surface area (Å²) >= 11 is 0. The molecule has 1 rings (SSSR count). The van der Waals surface area contributed by atoms with Gasteiger partial charge < -0.3 is 17.8 Å². The van der Waals surface area contributed by atoms with Gasteiger partial charge in [-0.25, -0.2) is 0 Å². The van der Waals surface area contributed by atoms with Crippen LogP contribution in [0.5, 0.6) is 0 Å². The average molecular weight is 194 g/mol. The molecule has 0 aromatic rings. The van der Waals surface area contributed by atoms with Gasteiger partial charge in [-0.15, -0.1) is 0 Å². The highest BCUT2D eigenvalue weighted by molar-refractivity contribution is 6.58. The number of piperidine rings is 1. The zero-order chi connectivity index (χ0) is 9.90. The highest BCUT2D eigenvalue weighted by Crippen LogP contribution is 2.20. The summed E-state index contributed by atoms with van der Waals surface area (Å²) in [6.45, 7) is -1.54. The Morgan fingerprint density at radius 2 is 2.00 bits per heavy atom. The molecule has 0 aromatic heterocycles. The normalized spacial score (nSPS) is 26.3. The first-order valence-electron chi connectivity index (χ1n) is 4.94. The van der Waals surface area contributed by atoms with Crippen molar-refractivity contribution in [2.75, 3.05) is 13.1 Å². The summed E-state index contributed by atoms with van der Waals surface area (Å²) in [6.07, 6.45) is 2.65. The molecule has 1 aliphatic heterocycles. The third kappa shape index (κ3) is 4.03. The lowest BCUT2D eigenvalue weighted by molar-refractivity contribution is 0.166. The van der Waals surface area contributed by atoms with Gasteiger partial charge in [0.05, 0.1) is 0 Å². The SMILES string of the molecule is C[C@H]1CCCCN1CC[B-](F)(F)F. The van der Waals surface area contributed by atoms with Crippen molar-refractivity contribution >= 4 is 6.98 Å². The second kappa shape index (κ2) is 4.35. The summed E-state index contributed by atoms with van der Waals surface area (Å²) in [5.74, 6) is 0. The molecule has 1 saturated heterocycles. The van der Waals surface area contributed by atoms with Crippen LogP contribution in [-0.2, 0) is 0 Å². The largest absolute Gasteiger partial charge is 0.479 e. The van der Waals surface area contributed by atoms with Gasteiger partial charge in [0, 0.05) is 6.04 Å². The number of hydrogen-bond acceptors (Lipinski definition) is 1. The highest BCUT2D eigenvalue weighted by Gasteiger charge is 2.25. The van der Waals surface area contributed by atoms with Crippen LogP contribution < -0.4 is 0 Å². The summed E-state index contributed by atoms with van der Waals surface area (Å²) in [5.41, 5.74) is 0. The maximum Gasteiger partial charge on any atom is 0.479 e. The lowest BCUT2D eigenvalue weighted by atomic mass is 9.85. The van der Waals surface area contributed by atoms with E-state index in [0.717, 1.165) is 25.8 Å². The molecule has 1 fully saturated rings. The summed E-state index contributed by atoms with van der Waals surface area (Å²) in [5, 5.41) is 0. The number of halogens is 3. The quantitative estimate of drug-likeness (QED) is 0.624. The van der Waals surface area contributed by atoms with Gasteiger partial charge in [-0.2, -0.15) is 0 Å². The van der Waals surface area contributed by atoms with E-state index in [1.54, 1.807) is 0 Å². The first-order valence-corrected chi connectivity index (χ1v) is 4.94. The van der Waals surface area contributed by atoms with Crippen LogP contribution in [0, 0.1) is 0 Å². The van der Waals surface area contributed by atoms with Gasteiger partial charge in [0.1, 0.15) is 0 Å². The van der Waals surface area contributed by atoms with Crippen LogP contribution in [0.25, 0.3) is 0 Å². The van der Waals surface area contributed by atoms with Crippen molar-refractivity contribution < 1.29 is 12.9 Å². The topological polar surface area (TPSA) is 3.24 Å². The lowest BCUT2D eigenvalue weighted by Crippen LogP contribution is -2.39. The molecule has 5 heteroatoms. The molecule has 13 heavy (non-hydrogen) atoms. The fourth-order valence-electron chi connectivity index (χ4n) is 1.80. The van der Waals surface area contributed by atoms with E-state index in [1.807, 2.05) is 11.8 Å². The number of nitrogens with zero attached hydrogens (tertiary/aromatic N) is 1. The van der Waals surface area contributed by atoms with Crippen molar-refractivity contribution in [1.29, 1.82) is 0 Å². The van der Waals surface area contributed by atoms with Crippen LogP contribution >= 0.6 is 0 Å². The summed E-state index contributed by atoms with van der Waals surface area (Å²) in [4.78, 5) is 1.96. The van der Waals surface area contributed by atoms with Crippen molar-refractivity contribution in [2.45, 2.75) is 38.5 Å². The molecule has 1 aliphatic rings. The van der Waals surface area contributed by atoms with Crippen molar-refractivity contribution in [1.82, 2.24) is 4.90 Å². The summed E-state index contributed by atoms with van der Waals surface area (Å²) < 4.78 is 35.9. The van der Waals surface area contributed by atoms with Crippen LogP contribution in [-0.4, -0.2) is 31.0 Å². The van der Waals surface area contributed by atoms with E-state index >= 15 is 0 Å². The van der Waals surface area contributed by atoms with Crippen LogP contribution in [0.2, 0.25) is 6.32 Å². The Morgan fingerprint density at radius 1 is 1.31 bits per heavy atom. The Bertz CT molecular complexity index is 160. The minimum absolute atomic E-state index is 0.199. The zero-order valence-corrected chi connectivity index (χ0v) is 7.98. The fraction of sp³-hybridized carbons (Fsp3) is 1.00. The predicted molar refractivity (Wildman–Crippen MR) is 48.8 cm³/mol. The van der Waals surface area contributed by atoms with Crippen LogP contribution in [0.4, 0.5) is 12.9 Å². The van der Waals surface area contributed by atoms with E-state index in [9.17, 15) is 12.9 Å². The Balaban J connectivity index is 2.27. The molecular weight excluding hydrogens is 178 g/mol. The lowest BCUT2D eigenvalue weighted by Gasteiger charge is -2.34. The van der Waals surface area contributed by atoms with Crippen molar-refractivity contribution in [2.24, 2.45) is 0 Å². The van der Waals surface area contributed by atoms with Gasteiger partial charge >= 0.3 is 6.98 Å². The van der Waals surface area contributed by atoms with Gasteiger partial charge in [-0.1, -0.05) is 12.7 Å². The molecule has 1 heterocycles. The molecule has 0 saturated carbocycles. The molecule has 0 amide bonds. The molecule has 0 aliphatic carbocycles. The standard InChI is InChI=1S/C8H16BF3N/c1-8-4-2-3-6-13(8)7-5-9(10,11)12/h8H,2-7H2,1H3/q-1/t8-/m0/s1. The Morgan fingerprint density at radius 3 is 2.54 bits per heavy atom. The molecule has 78 valence electrons. The Kier molecular flexibility index (Phi) is 3.65. The number of hydrogen-bond donors (Lipinski definition) is 0. The number of likely N-dealkylation sites (tertiary alicyclic amines) is 1. The van der Waals surface area contributed by atoms with E-state index in [1.165, 1.54) is 0 Å². The maximum atomic E-state index is 12.0. The zero-order valence-electron chi connectivity index (χ0n) is 7.98. The van der Waals surface area contributed by atoms with Crippen molar-refractivity contribution in [3.63, 3.8) is 0 Å². The van der Waals surface area contributed by atoms with Crippen LogP contribution in [0.1, 0.15) is 26.2 Å². The van der Waals surface area contributed by atoms with Gasteiger partial charge in [0.15, 0.2) is 0 Å². The fourth-order valence-corrected chi connectivity index (χ4v) is 1.80. The predicted octanol–water partition coefficient (Wildman–Crippen LogP) is 2.71. The monoisotopic (exact) mass is 194 g/mol. The van der Waals surface area contributed by atoms with E-state index < -0.39 is 13.3 Å². The minimum atomic E-state index is -4.59. The van der Waals surface area contributed by atoms with Gasteiger partial charge in [-0.05, 0) is 32.9 Å². The Labute approximate surface area is 77.4 Å². The van der Waals surface area contributed by atoms with Gasteiger partial charge in [0.25, 0.3) is 0 Å². The van der Waals surface area contributed by atoms with E-state index in [4.69, 9.17) is 0 Å². The smallest absolute Gasteiger partial charge is 0.449 e. The molecule has 0 N–H and O–H groups in total. The molecular formula is C8H16BF3N-. The molecule has 0 radical (unpaired) electrons. The maximum absolute atomic E-state index is 12.0. The first kappa shape index (κ1) is 10.9. The third-order valence-electron chi connectivity index (χ3n) is 2.68. The summed E-state index contributed by atoms with van der Waals surface area (Å²) in [7, 11) is 0. The first-order chi connectivity index (χ1) is 5.99. The Hall–Kier alpha value is -0.185. The van der Waals surface area contributed by atoms with Crippen LogP contribution in [0.15, 0.2) is 0 Å². The van der Waals surface area contributed by atoms with Gasteiger partial charge in [0.2, 0.25) is 0 Å². The van der Waals surface area contributed by atoms with E-state index in [2.05, 4.69) is 0 Å². The molecule has 0 spiro atoms. The minimum Gasteiger partial charge on any atom is -0.449 e. The second-order valence-corrected chi connectivity index (χ2v) is 3.88. The molecule has 0 bridgehead atoms. The molecule has 1 nitrogen and oxygen atoms in total. The van der Waals surface area contributed by atoms with Crippen molar-refractivity contribution in [3.8, 4) is 0 Å². The second-order valence-electron chi connectivity index (χ2n) is 3.88. The van der Waals surface area contributed by atoms with E-state index in [0.29, 0.717) is 6.04 Å². The van der Waals surface area contributed by atoms with Crippen LogP contribution in [0.3, 0.4) is 0 Å².